The van der Waals surface area contributed by atoms with E-state index in [9.17, 15) is 4.79 Å². The number of hydrogen-bond donors (Lipinski definition) is 1. The monoisotopic (exact) mass is 339 g/mol. The van der Waals surface area contributed by atoms with Crippen LogP contribution >= 0.6 is 15.9 Å². The van der Waals surface area contributed by atoms with Crippen molar-refractivity contribution in [1.29, 1.82) is 0 Å². The summed E-state index contributed by atoms with van der Waals surface area (Å²) in [5.74, 6) is -0.0228. The lowest BCUT2D eigenvalue weighted by atomic mass is 9.95. The van der Waals surface area contributed by atoms with E-state index in [1.165, 1.54) is 0 Å². The summed E-state index contributed by atoms with van der Waals surface area (Å²) in [7, 11) is 0. The first-order valence-corrected chi connectivity index (χ1v) is 7.45. The van der Waals surface area contributed by atoms with E-state index in [1.54, 1.807) is 18.2 Å². The zero-order chi connectivity index (χ0) is 15.0. The zero-order valence-corrected chi connectivity index (χ0v) is 13.1. The molecule has 0 bridgehead atoms. The lowest BCUT2D eigenvalue weighted by molar-refractivity contribution is 0.103. The number of anilines is 1. The van der Waals surface area contributed by atoms with Crippen molar-refractivity contribution in [3.8, 4) is 0 Å². The predicted octanol–water partition coefficient (Wildman–Crippen LogP) is 4.72. The summed E-state index contributed by atoms with van der Waals surface area (Å²) in [5, 5.41) is 2.07. The highest BCUT2D eigenvalue weighted by Crippen LogP contribution is 2.28. The van der Waals surface area contributed by atoms with Crippen molar-refractivity contribution >= 4 is 38.2 Å². The molecule has 0 aromatic heterocycles. The molecule has 0 spiro atoms. The van der Waals surface area contributed by atoms with E-state index < -0.39 is 0 Å². The second-order valence-electron chi connectivity index (χ2n) is 5.04. The number of ketones is 1. The largest absolute Gasteiger partial charge is 0.399 e. The molecule has 104 valence electrons. The average Bonchev–Trinajstić information content (AvgIpc) is 2.50. The minimum absolute atomic E-state index is 0.0228. The van der Waals surface area contributed by atoms with Gasteiger partial charge in [-0.05, 0) is 41.5 Å². The van der Waals surface area contributed by atoms with Crippen LogP contribution in [-0.4, -0.2) is 5.78 Å². The number of fused-ring (bicyclic) bond motifs is 1. The van der Waals surface area contributed by atoms with E-state index >= 15 is 0 Å². The van der Waals surface area contributed by atoms with Gasteiger partial charge in [-0.1, -0.05) is 52.3 Å². The Labute approximate surface area is 131 Å². The third kappa shape index (κ3) is 2.45. The summed E-state index contributed by atoms with van der Waals surface area (Å²) in [6.45, 7) is 2.05. The molecule has 21 heavy (non-hydrogen) atoms. The first kappa shape index (κ1) is 13.8. The highest BCUT2D eigenvalue weighted by Gasteiger charge is 2.16. The third-order valence-electron chi connectivity index (χ3n) is 3.62. The van der Waals surface area contributed by atoms with Gasteiger partial charge in [0.1, 0.15) is 0 Å². The van der Waals surface area contributed by atoms with E-state index in [0.29, 0.717) is 16.8 Å². The minimum Gasteiger partial charge on any atom is -0.399 e. The van der Waals surface area contributed by atoms with Crippen LogP contribution in [0.4, 0.5) is 5.69 Å². The fourth-order valence-electron chi connectivity index (χ4n) is 2.51. The van der Waals surface area contributed by atoms with Crippen molar-refractivity contribution in [2.75, 3.05) is 5.73 Å². The highest BCUT2D eigenvalue weighted by molar-refractivity contribution is 9.10. The molecule has 0 saturated carbocycles. The van der Waals surface area contributed by atoms with Crippen LogP contribution in [-0.2, 0) is 0 Å². The van der Waals surface area contributed by atoms with Crippen molar-refractivity contribution in [3.05, 3.63) is 75.8 Å². The molecule has 2 N–H and O–H groups in total. The van der Waals surface area contributed by atoms with Crippen molar-refractivity contribution < 1.29 is 4.79 Å². The van der Waals surface area contributed by atoms with Gasteiger partial charge in [0.2, 0.25) is 0 Å². The highest BCUT2D eigenvalue weighted by atomic mass is 79.9. The Bertz CT molecular complexity index is 855. The molecule has 0 aliphatic carbocycles. The zero-order valence-electron chi connectivity index (χ0n) is 11.6. The van der Waals surface area contributed by atoms with Gasteiger partial charge in [-0.25, -0.2) is 0 Å². The Balaban J connectivity index is 2.23. The lowest BCUT2D eigenvalue weighted by Crippen LogP contribution is -2.04. The lowest BCUT2D eigenvalue weighted by Gasteiger charge is -2.10. The average molecular weight is 340 g/mol. The third-order valence-corrected chi connectivity index (χ3v) is 4.31. The summed E-state index contributed by atoms with van der Waals surface area (Å²) in [6.07, 6.45) is 0. The standard InChI is InChI=1S/C18H14BrNO/c1-11-6-8-15(14-5-3-2-4-13(11)14)18(21)16-10-12(20)7-9-17(16)19/h2-10H,20H2,1H3. The van der Waals surface area contributed by atoms with Gasteiger partial charge in [0, 0.05) is 21.3 Å². The van der Waals surface area contributed by atoms with Crippen LogP contribution < -0.4 is 5.73 Å². The first-order valence-electron chi connectivity index (χ1n) is 6.66. The van der Waals surface area contributed by atoms with Crippen LogP contribution in [0.2, 0.25) is 0 Å². The molecule has 0 atom stereocenters. The molecule has 0 aliphatic heterocycles. The Morgan fingerprint density at radius 2 is 1.67 bits per heavy atom. The SMILES string of the molecule is Cc1ccc(C(=O)c2cc(N)ccc2Br)c2ccccc12. The number of nitrogen functional groups attached to an aromatic ring is 1. The molecule has 0 saturated heterocycles. The second-order valence-corrected chi connectivity index (χ2v) is 5.90. The minimum atomic E-state index is -0.0228. The maximum Gasteiger partial charge on any atom is 0.194 e. The first-order chi connectivity index (χ1) is 10.1. The molecule has 3 aromatic carbocycles. The molecule has 3 heteroatoms. The number of nitrogens with two attached hydrogens (primary N) is 1. The fraction of sp³-hybridized carbons (Fsp3) is 0.0556. The van der Waals surface area contributed by atoms with Crippen molar-refractivity contribution in [2.45, 2.75) is 6.92 Å². The van der Waals surface area contributed by atoms with Crippen LogP contribution in [0.1, 0.15) is 21.5 Å². The molecular formula is C18H14BrNO. The quantitative estimate of drug-likeness (QED) is 0.542. The number of hydrogen-bond acceptors (Lipinski definition) is 2. The fourth-order valence-corrected chi connectivity index (χ4v) is 2.94. The molecule has 3 aromatic rings. The molecular weight excluding hydrogens is 326 g/mol. The number of carbonyl (C=O) groups excluding carboxylic acids is 1. The van der Waals surface area contributed by atoms with Crippen LogP contribution in [0.3, 0.4) is 0 Å². The Morgan fingerprint density at radius 3 is 2.43 bits per heavy atom. The molecule has 0 unspecified atom stereocenters. The van der Waals surface area contributed by atoms with Gasteiger partial charge in [0.25, 0.3) is 0 Å². The summed E-state index contributed by atoms with van der Waals surface area (Å²) >= 11 is 3.43. The predicted molar refractivity (Wildman–Crippen MR) is 90.7 cm³/mol. The maximum atomic E-state index is 12.9. The van der Waals surface area contributed by atoms with E-state index in [1.807, 2.05) is 43.3 Å². The Morgan fingerprint density at radius 1 is 0.952 bits per heavy atom. The number of halogens is 1. The normalized spacial score (nSPS) is 10.8. The molecule has 0 heterocycles. The topological polar surface area (TPSA) is 43.1 Å². The summed E-state index contributed by atoms with van der Waals surface area (Å²) < 4.78 is 0.756. The van der Waals surface area contributed by atoms with Crippen LogP contribution in [0.15, 0.2) is 59.1 Å². The van der Waals surface area contributed by atoms with Gasteiger partial charge in [-0.3, -0.25) is 4.79 Å². The van der Waals surface area contributed by atoms with Crippen LogP contribution in [0.5, 0.6) is 0 Å². The second kappa shape index (κ2) is 5.34. The van der Waals surface area contributed by atoms with Crippen molar-refractivity contribution in [1.82, 2.24) is 0 Å². The van der Waals surface area contributed by atoms with Gasteiger partial charge in [-0.2, -0.15) is 0 Å². The van der Waals surface area contributed by atoms with Crippen molar-refractivity contribution in [2.24, 2.45) is 0 Å². The molecule has 0 radical (unpaired) electrons. The molecule has 2 nitrogen and oxygen atoms in total. The Kier molecular flexibility index (Phi) is 3.52. The number of benzene rings is 3. The number of aryl methyl sites for hydroxylation is 1. The molecule has 0 fully saturated rings. The van der Waals surface area contributed by atoms with E-state index in [0.717, 1.165) is 20.8 Å². The van der Waals surface area contributed by atoms with Gasteiger partial charge >= 0.3 is 0 Å². The van der Waals surface area contributed by atoms with Gasteiger partial charge in [0.15, 0.2) is 5.78 Å². The summed E-state index contributed by atoms with van der Waals surface area (Å²) in [4.78, 5) is 12.9. The van der Waals surface area contributed by atoms with Gasteiger partial charge in [0.05, 0.1) is 0 Å². The van der Waals surface area contributed by atoms with E-state index in [2.05, 4.69) is 15.9 Å². The van der Waals surface area contributed by atoms with Gasteiger partial charge in [-0.15, -0.1) is 0 Å². The Hall–Kier alpha value is -2.13. The smallest absolute Gasteiger partial charge is 0.194 e. The number of carbonyl (C=O) groups is 1. The van der Waals surface area contributed by atoms with E-state index in [-0.39, 0.29) is 5.78 Å². The van der Waals surface area contributed by atoms with Crippen LogP contribution in [0, 0.1) is 6.92 Å². The maximum absolute atomic E-state index is 12.9. The van der Waals surface area contributed by atoms with Gasteiger partial charge < -0.3 is 5.73 Å². The molecule has 0 amide bonds. The summed E-state index contributed by atoms with van der Waals surface area (Å²) in [5.41, 5.74) is 8.83. The van der Waals surface area contributed by atoms with Crippen LogP contribution in [0.25, 0.3) is 10.8 Å². The summed E-state index contributed by atoms with van der Waals surface area (Å²) in [6, 6.07) is 17.1. The van der Waals surface area contributed by atoms with E-state index in [4.69, 9.17) is 5.73 Å². The molecule has 3 rings (SSSR count). The molecule has 0 aliphatic rings. The van der Waals surface area contributed by atoms with Crippen molar-refractivity contribution in [3.63, 3.8) is 0 Å². The number of rotatable bonds is 2.